The minimum atomic E-state index is -3.77. The monoisotopic (exact) mass is 483 g/mol. The van der Waals surface area contributed by atoms with Crippen LogP contribution in [0.15, 0.2) is 41.3 Å². The molecule has 2 atom stereocenters. The van der Waals surface area contributed by atoms with E-state index >= 15 is 0 Å². The normalized spacial score (nSPS) is 23.1. The lowest BCUT2D eigenvalue weighted by Gasteiger charge is -2.34. The standard InChI is InChI=1S/C25H29N3O5S/c1-15-12-20-22(33-17(3)24(29)26-20)14-23(15)34(31,32)27-10-8-18(9-11-27)25(30)28-16(2)13-19-6-4-5-7-21(19)28/h4-7,12,14,16-18H,8-11,13H2,1-3H3,(H,26,29)/t16-,17-/m0/s1. The molecule has 2 aromatic carbocycles. The number of hydrogen-bond donors (Lipinski definition) is 1. The Labute approximate surface area is 199 Å². The number of aryl methyl sites for hydroxylation is 1. The molecule has 1 N–H and O–H groups in total. The van der Waals surface area contributed by atoms with Crippen molar-refractivity contribution in [2.75, 3.05) is 23.3 Å². The van der Waals surface area contributed by atoms with Crippen LogP contribution in [0, 0.1) is 12.8 Å². The van der Waals surface area contributed by atoms with Crippen molar-refractivity contribution in [3.05, 3.63) is 47.5 Å². The molecule has 0 unspecified atom stereocenters. The molecule has 0 aliphatic carbocycles. The second kappa shape index (κ2) is 8.39. The Hall–Kier alpha value is -2.91. The quantitative estimate of drug-likeness (QED) is 0.724. The van der Waals surface area contributed by atoms with Crippen LogP contribution < -0.4 is 15.0 Å². The first-order valence-corrected chi connectivity index (χ1v) is 13.1. The first-order chi connectivity index (χ1) is 16.2. The predicted octanol–water partition coefficient (Wildman–Crippen LogP) is 3.09. The SMILES string of the molecule is Cc1cc2c(cc1S(=O)(=O)N1CCC(C(=O)N3c4ccccc4C[C@@H]3C)CC1)O[C@@H](C)C(=O)N2. The molecule has 0 aromatic heterocycles. The van der Waals surface area contributed by atoms with Crippen molar-refractivity contribution in [3.63, 3.8) is 0 Å². The second-order valence-electron chi connectivity index (χ2n) is 9.43. The Kier molecular flexibility index (Phi) is 5.64. The fourth-order valence-corrected chi connectivity index (χ4v) is 6.89. The van der Waals surface area contributed by atoms with Crippen molar-refractivity contribution in [2.45, 2.75) is 57.1 Å². The first kappa shape index (κ1) is 22.9. The Morgan fingerprint density at radius 1 is 1.12 bits per heavy atom. The fourth-order valence-electron chi connectivity index (χ4n) is 5.20. The molecule has 3 aliphatic rings. The molecule has 0 bridgehead atoms. The largest absolute Gasteiger partial charge is 0.479 e. The highest BCUT2D eigenvalue weighted by atomic mass is 32.2. The summed E-state index contributed by atoms with van der Waals surface area (Å²) in [5.41, 5.74) is 3.17. The third kappa shape index (κ3) is 3.76. The van der Waals surface area contributed by atoms with Gasteiger partial charge in [-0.2, -0.15) is 4.31 Å². The number of carbonyl (C=O) groups is 2. The Morgan fingerprint density at radius 2 is 1.82 bits per heavy atom. The summed E-state index contributed by atoms with van der Waals surface area (Å²) in [7, 11) is -3.77. The number of rotatable bonds is 3. The highest BCUT2D eigenvalue weighted by Crippen LogP contribution is 2.38. The number of para-hydroxylation sites is 1. The van der Waals surface area contributed by atoms with E-state index < -0.39 is 16.1 Å². The van der Waals surface area contributed by atoms with E-state index in [-0.39, 0.29) is 41.8 Å². The topological polar surface area (TPSA) is 96.0 Å². The zero-order valence-electron chi connectivity index (χ0n) is 19.6. The van der Waals surface area contributed by atoms with Crippen LogP contribution in [-0.2, 0) is 26.0 Å². The molecular formula is C25H29N3O5S. The molecule has 8 nitrogen and oxygen atoms in total. The number of fused-ring (bicyclic) bond motifs is 2. The highest BCUT2D eigenvalue weighted by molar-refractivity contribution is 7.89. The maximum absolute atomic E-state index is 13.5. The third-order valence-corrected chi connectivity index (χ3v) is 9.11. The number of anilines is 2. The van der Waals surface area contributed by atoms with Crippen LogP contribution in [0.5, 0.6) is 5.75 Å². The number of nitrogens with one attached hydrogen (secondary N) is 1. The molecule has 1 fully saturated rings. The maximum atomic E-state index is 13.5. The van der Waals surface area contributed by atoms with E-state index in [0.717, 1.165) is 12.1 Å². The van der Waals surface area contributed by atoms with Gasteiger partial charge in [-0.25, -0.2) is 8.42 Å². The minimum absolute atomic E-state index is 0.0811. The summed E-state index contributed by atoms with van der Waals surface area (Å²) in [6, 6.07) is 11.2. The lowest BCUT2D eigenvalue weighted by atomic mass is 9.96. The lowest BCUT2D eigenvalue weighted by Crippen LogP contribution is -2.46. The van der Waals surface area contributed by atoms with Gasteiger partial charge in [0.05, 0.1) is 10.6 Å². The summed E-state index contributed by atoms with van der Waals surface area (Å²) >= 11 is 0. The molecule has 180 valence electrons. The van der Waals surface area contributed by atoms with Gasteiger partial charge in [0.1, 0.15) is 5.75 Å². The summed E-state index contributed by atoms with van der Waals surface area (Å²) in [6.45, 7) is 5.95. The summed E-state index contributed by atoms with van der Waals surface area (Å²) in [5.74, 6) is -0.0334. The van der Waals surface area contributed by atoms with Gasteiger partial charge in [-0.15, -0.1) is 0 Å². The van der Waals surface area contributed by atoms with Crippen LogP contribution in [-0.4, -0.2) is 49.8 Å². The zero-order chi connectivity index (χ0) is 24.2. The average molecular weight is 484 g/mol. The molecule has 5 rings (SSSR count). The lowest BCUT2D eigenvalue weighted by molar-refractivity contribution is -0.124. The van der Waals surface area contributed by atoms with Gasteiger partial charge in [-0.1, -0.05) is 18.2 Å². The van der Waals surface area contributed by atoms with Crippen molar-refractivity contribution in [1.29, 1.82) is 0 Å². The zero-order valence-corrected chi connectivity index (χ0v) is 20.4. The van der Waals surface area contributed by atoms with Gasteiger partial charge in [0.2, 0.25) is 15.9 Å². The van der Waals surface area contributed by atoms with E-state index in [4.69, 9.17) is 4.74 Å². The third-order valence-electron chi connectivity index (χ3n) is 7.07. The van der Waals surface area contributed by atoms with Crippen LogP contribution in [0.25, 0.3) is 0 Å². The van der Waals surface area contributed by atoms with E-state index in [9.17, 15) is 18.0 Å². The van der Waals surface area contributed by atoms with Crippen molar-refractivity contribution in [1.82, 2.24) is 4.31 Å². The molecular weight excluding hydrogens is 454 g/mol. The minimum Gasteiger partial charge on any atom is -0.479 e. The molecule has 0 saturated carbocycles. The number of carbonyl (C=O) groups excluding carboxylic acids is 2. The van der Waals surface area contributed by atoms with E-state index in [1.165, 1.54) is 15.9 Å². The molecule has 0 radical (unpaired) electrons. The summed E-state index contributed by atoms with van der Waals surface area (Å²) in [4.78, 5) is 27.3. The molecule has 3 heterocycles. The van der Waals surface area contributed by atoms with Gasteiger partial charge in [0.15, 0.2) is 6.10 Å². The number of piperidine rings is 1. The van der Waals surface area contributed by atoms with Gasteiger partial charge in [0, 0.05) is 36.8 Å². The van der Waals surface area contributed by atoms with Crippen molar-refractivity contribution in [2.24, 2.45) is 5.92 Å². The number of sulfonamides is 1. The number of hydrogen-bond acceptors (Lipinski definition) is 5. The first-order valence-electron chi connectivity index (χ1n) is 11.7. The number of amides is 2. The van der Waals surface area contributed by atoms with Gasteiger partial charge in [-0.3, -0.25) is 9.59 Å². The van der Waals surface area contributed by atoms with E-state index in [1.54, 1.807) is 19.9 Å². The number of nitrogens with zero attached hydrogens (tertiary/aromatic N) is 2. The number of benzene rings is 2. The molecule has 9 heteroatoms. The Morgan fingerprint density at radius 3 is 2.56 bits per heavy atom. The molecule has 1 saturated heterocycles. The van der Waals surface area contributed by atoms with Gasteiger partial charge in [0.25, 0.3) is 5.91 Å². The Balaban J connectivity index is 1.32. The van der Waals surface area contributed by atoms with Gasteiger partial charge < -0.3 is 15.0 Å². The van der Waals surface area contributed by atoms with Gasteiger partial charge >= 0.3 is 0 Å². The smallest absolute Gasteiger partial charge is 0.265 e. The molecule has 3 aliphatic heterocycles. The Bertz CT molecular complexity index is 1270. The summed E-state index contributed by atoms with van der Waals surface area (Å²) in [6.07, 6.45) is 1.12. The number of ether oxygens (including phenoxy) is 1. The predicted molar refractivity (Wildman–Crippen MR) is 128 cm³/mol. The van der Waals surface area contributed by atoms with Crippen LogP contribution in [0.1, 0.15) is 37.8 Å². The van der Waals surface area contributed by atoms with Crippen LogP contribution in [0.4, 0.5) is 11.4 Å². The van der Waals surface area contributed by atoms with Crippen LogP contribution in [0.3, 0.4) is 0 Å². The van der Waals surface area contributed by atoms with E-state index in [2.05, 4.69) is 18.3 Å². The van der Waals surface area contributed by atoms with E-state index in [0.29, 0.717) is 29.8 Å². The molecule has 34 heavy (non-hydrogen) atoms. The van der Waals surface area contributed by atoms with Crippen molar-refractivity contribution >= 4 is 33.2 Å². The molecule has 2 amide bonds. The van der Waals surface area contributed by atoms with Crippen molar-refractivity contribution in [3.8, 4) is 5.75 Å². The van der Waals surface area contributed by atoms with Gasteiger partial charge in [-0.05, 0) is 63.3 Å². The fraction of sp³-hybridized carbons (Fsp3) is 0.440. The molecule has 0 spiro atoms. The highest BCUT2D eigenvalue weighted by Gasteiger charge is 2.39. The average Bonchev–Trinajstić information content (AvgIpc) is 3.15. The van der Waals surface area contributed by atoms with Crippen molar-refractivity contribution < 1.29 is 22.7 Å². The summed E-state index contributed by atoms with van der Waals surface area (Å²) in [5, 5.41) is 2.75. The summed E-state index contributed by atoms with van der Waals surface area (Å²) < 4.78 is 34.0. The van der Waals surface area contributed by atoms with Crippen LogP contribution in [0.2, 0.25) is 0 Å². The van der Waals surface area contributed by atoms with E-state index in [1.807, 2.05) is 23.1 Å². The second-order valence-corrected chi connectivity index (χ2v) is 11.3. The van der Waals surface area contributed by atoms with Crippen LogP contribution >= 0.6 is 0 Å². The maximum Gasteiger partial charge on any atom is 0.265 e. The molecule has 2 aromatic rings.